The molecule has 0 saturated carbocycles. The van der Waals surface area contributed by atoms with Gasteiger partial charge in [-0.25, -0.2) is 0 Å². The second-order valence-corrected chi connectivity index (χ2v) is 9.26. The fourth-order valence-corrected chi connectivity index (χ4v) is 5.64. The Morgan fingerprint density at radius 3 is 2.83 bits per heavy atom. The maximum absolute atomic E-state index is 13.7. The van der Waals surface area contributed by atoms with E-state index >= 15 is 0 Å². The minimum atomic E-state index is -0.407. The summed E-state index contributed by atoms with van der Waals surface area (Å²) in [5, 5.41) is 7.11. The van der Waals surface area contributed by atoms with E-state index in [1.807, 2.05) is 27.7 Å². The zero-order chi connectivity index (χ0) is 20.8. The zero-order valence-electron chi connectivity index (χ0n) is 17.7. The topological polar surface area (TPSA) is 77.5 Å². The summed E-state index contributed by atoms with van der Waals surface area (Å²) < 4.78 is 1.82. The molecule has 2 aromatic rings. The van der Waals surface area contributed by atoms with E-state index in [1.165, 1.54) is 0 Å². The van der Waals surface area contributed by atoms with E-state index in [0.29, 0.717) is 6.04 Å². The number of aromatic nitrogens is 3. The van der Waals surface area contributed by atoms with Crippen molar-refractivity contribution >= 4 is 5.91 Å². The average Bonchev–Trinajstić information content (AvgIpc) is 3.40. The summed E-state index contributed by atoms with van der Waals surface area (Å²) in [7, 11) is 4.14. The molecule has 5 rings (SSSR count). The maximum Gasteiger partial charge on any atom is 0.251 e. The van der Waals surface area contributed by atoms with Gasteiger partial charge in [0.15, 0.2) is 0 Å². The molecule has 0 unspecified atom stereocenters. The van der Waals surface area contributed by atoms with Crippen LogP contribution in [0.25, 0.3) is 0 Å². The maximum atomic E-state index is 13.7. The minimum Gasteiger partial charge on any atom is -0.339 e. The predicted molar refractivity (Wildman–Crippen MR) is 113 cm³/mol. The van der Waals surface area contributed by atoms with Gasteiger partial charge in [0.25, 0.3) is 5.56 Å². The van der Waals surface area contributed by atoms with Crippen molar-refractivity contribution in [3.05, 3.63) is 52.2 Å². The van der Waals surface area contributed by atoms with Gasteiger partial charge >= 0.3 is 0 Å². The van der Waals surface area contributed by atoms with Crippen LogP contribution in [0.3, 0.4) is 0 Å². The number of piperidine rings is 1. The third-order valence-electron chi connectivity index (χ3n) is 7.13. The first kappa shape index (κ1) is 19.5. The van der Waals surface area contributed by atoms with Gasteiger partial charge < -0.3 is 9.80 Å². The molecule has 5 heterocycles. The number of likely N-dealkylation sites (N-methyl/N-ethyl adjacent to an activating group) is 1. The average molecular weight is 411 g/mol. The molecule has 2 aromatic heterocycles. The molecule has 0 aromatic carbocycles. The number of carbonyl (C=O) groups is 1. The predicted octanol–water partition coefficient (Wildman–Crippen LogP) is 0.894. The van der Waals surface area contributed by atoms with Crippen LogP contribution in [0, 0.1) is 5.92 Å². The highest BCUT2D eigenvalue weighted by molar-refractivity contribution is 5.81. The number of likely N-dealkylation sites (tertiary alicyclic amines) is 2. The largest absolute Gasteiger partial charge is 0.339 e. The molecular formula is C22H30N6O2. The van der Waals surface area contributed by atoms with Gasteiger partial charge in [-0.3, -0.25) is 24.2 Å². The number of pyridine rings is 1. The Labute approximate surface area is 176 Å². The molecule has 0 radical (unpaired) electrons. The number of H-pyrrole nitrogens is 1. The van der Waals surface area contributed by atoms with Crippen molar-refractivity contribution in [3.63, 3.8) is 0 Å². The highest BCUT2D eigenvalue weighted by Gasteiger charge is 2.45. The Morgan fingerprint density at radius 2 is 2.10 bits per heavy atom. The van der Waals surface area contributed by atoms with E-state index in [9.17, 15) is 9.59 Å². The number of amides is 1. The van der Waals surface area contributed by atoms with Crippen LogP contribution < -0.4 is 5.56 Å². The van der Waals surface area contributed by atoms with Crippen molar-refractivity contribution in [3.8, 4) is 0 Å². The number of hydrogen-bond donors (Lipinski definition) is 1. The SMILES string of the molecule is CN(C)[C@@H]1CCN(C(=O)[C@H]2[C@H]3C[C@H](CN(Cc4ccn[nH]4)C3)c3cccc(=O)n32)C1. The smallest absolute Gasteiger partial charge is 0.251 e. The van der Waals surface area contributed by atoms with Crippen molar-refractivity contribution in [2.24, 2.45) is 5.92 Å². The normalized spacial score (nSPS) is 28.7. The van der Waals surface area contributed by atoms with Gasteiger partial charge in [0.1, 0.15) is 6.04 Å². The molecule has 2 fully saturated rings. The first-order valence-corrected chi connectivity index (χ1v) is 10.9. The van der Waals surface area contributed by atoms with Crippen LogP contribution in [0.1, 0.15) is 36.2 Å². The number of hydrogen-bond acceptors (Lipinski definition) is 5. The second-order valence-electron chi connectivity index (χ2n) is 9.26. The molecule has 8 heteroatoms. The fraction of sp³-hybridized carbons (Fsp3) is 0.591. The Morgan fingerprint density at radius 1 is 1.23 bits per heavy atom. The van der Waals surface area contributed by atoms with Gasteiger partial charge in [-0.2, -0.15) is 5.10 Å². The first-order chi connectivity index (χ1) is 14.5. The second kappa shape index (κ2) is 7.67. The minimum absolute atomic E-state index is 0.0501. The lowest BCUT2D eigenvalue weighted by Crippen LogP contribution is -2.53. The Bertz CT molecular complexity index is 968. The monoisotopic (exact) mass is 410 g/mol. The Hall–Kier alpha value is -2.45. The number of aromatic amines is 1. The van der Waals surface area contributed by atoms with Gasteiger partial charge in [0, 0.05) is 74.3 Å². The molecule has 3 aliphatic heterocycles. The summed E-state index contributed by atoms with van der Waals surface area (Å²) in [6, 6.07) is 7.45. The van der Waals surface area contributed by atoms with Crippen molar-refractivity contribution in [2.75, 3.05) is 40.3 Å². The lowest BCUT2D eigenvalue weighted by Gasteiger charge is -2.47. The van der Waals surface area contributed by atoms with Gasteiger partial charge in [-0.05, 0) is 39.1 Å². The number of nitrogens with one attached hydrogen (secondary N) is 1. The molecule has 2 saturated heterocycles. The Kier molecular flexibility index (Phi) is 4.99. The van der Waals surface area contributed by atoms with Crippen molar-refractivity contribution in [2.45, 2.75) is 37.4 Å². The van der Waals surface area contributed by atoms with Crippen LogP contribution in [-0.4, -0.2) is 81.7 Å². The quantitative estimate of drug-likeness (QED) is 0.810. The van der Waals surface area contributed by atoms with Crippen molar-refractivity contribution in [1.29, 1.82) is 0 Å². The summed E-state index contributed by atoms with van der Waals surface area (Å²) in [6.07, 6.45) is 3.72. The van der Waals surface area contributed by atoms with E-state index in [-0.39, 0.29) is 23.3 Å². The highest BCUT2D eigenvalue weighted by atomic mass is 16.2. The third kappa shape index (κ3) is 3.37. The van der Waals surface area contributed by atoms with Crippen molar-refractivity contribution in [1.82, 2.24) is 29.5 Å². The molecule has 1 N–H and O–H groups in total. The molecule has 0 spiro atoms. The summed E-state index contributed by atoms with van der Waals surface area (Å²) >= 11 is 0. The molecule has 1 amide bonds. The van der Waals surface area contributed by atoms with E-state index < -0.39 is 6.04 Å². The molecule has 3 aliphatic rings. The van der Waals surface area contributed by atoms with Gasteiger partial charge in [0.2, 0.25) is 5.91 Å². The van der Waals surface area contributed by atoms with Crippen LogP contribution in [0.5, 0.6) is 0 Å². The van der Waals surface area contributed by atoms with Crippen molar-refractivity contribution < 1.29 is 4.79 Å². The van der Waals surface area contributed by atoms with E-state index in [0.717, 1.165) is 57.0 Å². The first-order valence-electron chi connectivity index (χ1n) is 10.9. The highest BCUT2D eigenvalue weighted by Crippen LogP contribution is 2.42. The Balaban J connectivity index is 1.46. The number of carbonyl (C=O) groups excluding carboxylic acids is 1. The van der Waals surface area contributed by atoms with Crippen LogP contribution in [-0.2, 0) is 11.3 Å². The molecular weight excluding hydrogens is 380 g/mol. The lowest BCUT2D eigenvalue weighted by atomic mass is 9.78. The molecule has 8 nitrogen and oxygen atoms in total. The van der Waals surface area contributed by atoms with Crippen LogP contribution in [0.2, 0.25) is 0 Å². The summed E-state index contributed by atoms with van der Waals surface area (Å²) in [4.78, 5) is 33.2. The number of rotatable bonds is 4. The van der Waals surface area contributed by atoms with Crippen LogP contribution >= 0.6 is 0 Å². The number of nitrogens with zero attached hydrogens (tertiary/aromatic N) is 5. The molecule has 0 aliphatic carbocycles. The van der Waals surface area contributed by atoms with Crippen LogP contribution in [0.15, 0.2) is 35.3 Å². The summed E-state index contributed by atoms with van der Waals surface area (Å²) in [6.45, 7) is 4.01. The summed E-state index contributed by atoms with van der Waals surface area (Å²) in [5.41, 5.74) is 2.04. The van der Waals surface area contributed by atoms with Gasteiger partial charge in [-0.15, -0.1) is 0 Å². The van der Waals surface area contributed by atoms with Gasteiger partial charge in [-0.1, -0.05) is 6.07 Å². The zero-order valence-corrected chi connectivity index (χ0v) is 17.7. The summed E-state index contributed by atoms with van der Waals surface area (Å²) in [5.74, 6) is 0.531. The molecule has 4 atom stereocenters. The third-order valence-corrected chi connectivity index (χ3v) is 7.13. The molecule has 2 bridgehead atoms. The number of fused-ring (bicyclic) bond motifs is 4. The van der Waals surface area contributed by atoms with E-state index in [2.05, 4.69) is 34.1 Å². The molecule has 160 valence electrons. The fourth-order valence-electron chi connectivity index (χ4n) is 5.64. The van der Waals surface area contributed by atoms with Gasteiger partial charge in [0.05, 0.1) is 0 Å². The standard InChI is InChI=1S/C22H30N6O2/c1-25(2)18-7-9-27(14-18)22(30)21-16-10-15(19-4-3-5-20(29)28(19)21)11-26(12-16)13-17-6-8-23-24-17/h3-6,8,15-16,18,21H,7,9-14H2,1-2H3,(H,23,24)/t15-,16+,18-,21-/m1/s1. The van der Waals surface area contributed by atoms with Crippen LogP contribution in [0.4, 0.5) is 0 Å². The lowest BCUT2D eigenvalue weighted by molar-refractivity contribution is -0.137. The van der Waals surface area contributed by atoms with E-state index in [4.69, 9.17) is 0 Å². The van der Waals surface area contributed by atoms with E-state index in [1.54, 1.807) is 12.3 Å². The molecule has 30 heavy (non-hydrogen) atoms.